The molecule has 2 rings (SSSR count). The van der Waals surface area contributed by atoms with Crippen LogP contribution in [-0.4, -0.2) is 24.4 Å². The van der Waals surface area contributed by atoms with Gasteiger partial charge in [-0.2, -0.15) is 0 Å². The third kappa shape index (κ3) is 2.36. The molecule has 0 spiro atoms. The molecule has 0 aliphatic heterocycles. The van der Waals surface area contributed by atoms with Gasteiger partial charge in [-0.05, 0) is 38.7 Å². The van der Waals surface area contributed by atoms with Crippen molar-refractivity contribution in [2.45, 2.75) is 46.1 Å². The van der Waals surface area contributed by atoms with Gasteiger partial charge in [-0.3, -0.25) is 0 Å². The van der Waals surface area contributed by atoms with Crippen molar-refractivity contribution in [1.82, 2.24) is 24.4 Å². The van der Waals surface area contributed by atoms with Gasteiger partial charge in [-0.25, -0.2) is 0 Å². The van der Waals surface area contributed by atoms with E-state index in [-0.39, 0.29) is 5.54 Å². The fourth-order valence-corrected chi connectivity index (χ4v) is 2.35. The van der Waals surface area contributed by atoms with Crippen LogP contribution in [0.25, 0.3) is 10.7 Å². The zero-order chi connectivity index (χ0) is 12.5. The van der Waals surface area contributed by atoms with Gasteiger partial charge >= 0.3 is 0 Å². The lowest BCUT2D eigenvalue weighted by Gasteiger charge is -2.21. The second kappa shape index (κ2) is 4.52. The van der Waals surface area contributed by atoms with E-state index in [1.807, 2.05) is 0 Å². The SMILES string of the molecule is CCCc1nnsc1-c1nncn1C(C)(C)C. The lowest BCUT2D eigenvalue weighted by Crippen LogP contribution is -2.21. The molecule has 5 nitrogen and oxygen atoms in total. The van der Waals surface area contributed by atoms with Crippen molar-refractivity contribution in [3.05, 3.63) is 12.0 Å². The van der Waals surface area contributed by atoms with Crippen molar-refractivity contribution in [2.24, 2.45) is 0 Å². The average Bonchev–Trinajstić information content (AvgIpc) is 2.82. The molecule has 0 fully saturated rings. The van der Waals surface area contributed by atoms with Gasteiger partial charge in [0.05, 0.1) is 5.69 Å². The number of aromatic nitrogens is 5. The van der Waals surface area contributed by atoms with Gasteiger partial charge in [0.1, 0.15) is 11.2 Å². The Bertz CT molecular complexity index is 494. The second-order valence-corrected chi connectivity index (χ2v) is 5.75. The standard InChI is InChI=1S/C11H17N5S/c1-5-6-8-9(17-15-13-8)10-14-12-7-16(10)11(2,3)4/h7H,5-6H2,1-4H3. The van der Waals surface area contributed by atoms with Crippen LogP contribution >= 0.6 is 11.5 Å². The zero-order valence-electron chi connectivity index (χ0n) is 10.6. The third-order valence-corrected chi connectivity index (χ3v) is 3.28. The first kappa shape index (κ1) is 12.2. The summed E-state index contributed by atoms with van der Waals surface area (Å²) in [5.74, 6) is 0.871. The van der Waals surface area contributed by atoms with Crippen molar-refractivity contribution >= 4 is 11.5 Å². The summed E-state index contributed by atoms with van der Waals surface area (Å²) in [7, 11) is 0. The average molecular weight is 251 g/mol. The van der Waals surface area contributed by atoms with E-state index < -0.39 is 0 Å². The highest BCUT2D eigenvalue weighted by atomic mass is 32.1. The molecule has 0 atom stereocenters. The summed E-state index contributed by atoms with van der Waals surface area (Å²) in [5, 5.41) is 12.4. The molecule has 92 valence electrons. The van der Waals surface area contributed by atoms with Crippen LogP contribution in [0.5, 0.6) is 0 Å². The van der Waals surface area contributed by atoms with Crippen molar-refractivity contribution < 1.29 is 0 Å². The Balaban J connectivity index is 2.47. The summed E-state index contributed by atoms with van der Waals surface area (Å²) in [6.45, 7) is 8.53. The van der Waals surface area contributed by atoms with Crippen LogP contribution in [0.4, 0.5) is 0 Å². The number of nitrogens with zero attached hydrogens (tertiary/aromatic N) is 5. The number of hydrogen-bond acceptors (Lipinski definition) is 5. The first-order valence-corrected chi connectivity index (χ1v) is 6.53. The Hall–Kier alpha value is -1.30. The summed E-state index contributed by atoms with van der Waals surface area (Å²) in [4.78, 5) is 1.04. The van der Waals surface area contributed by atoms with Gasteiger partial charge in [0, 0.05) is 5.54 Å². The Labute approximate surface area is 105 Å². The van der Waals surface area contributed by atoms with E-state index in [0.29, 0.717) is 0 Å². The van der Waals surface area contributed by atoms with Crippen LogP contribution in [0.15, 0.2) is 6.33 Å². The molecule has 0 N–H and O–H groups in total. The maximum absolute atomic E-state index is 4.21. The molecule has 2 aromatic rings. The summed E-state index contributed by atoms with van der Waals surface area (Å²) in [5.41, 5.74) is 0.989. The fourth-order valence-electron chi connectivity index (χ4n) is 1.66. The molecule has 0 amide bonds. The third-order valence-electron chi connectivity index (χ3n) is 2.52. The van der Waals surface area contributed by atoms with Crippen LogP contribution in [0.1, 0.15) is 39.8 Å². The van der Waals surface area contributed by atoms with Crippen LogP contribution in [0, 0.1) is 0 Å². The summed E-state index contributed by atoms with van der Waals surface area (Å²) < 4.78 is 6.10. The van der Waals surface area contributed by atoms with E-state index in [0.717, 1.165) is 29.2 Å². The quantitative estimate of drug-likeness (QED) is 0.841. The smallest absolute Gasteiger partial charge is 0.177 e. The van der Waals surface area contributed by atoms with E-state index in [1.165, 1.54) is 11.5 Å². The van der Waals surface area contributed by atoms with Gasteiger partial charge < -0.3 is 4.57 Å². The Morgan fingerprint density at radius 1 is 1.29 bits per heavy atom. The van der Waals surface area contributed by atoms with Crippen LogP contribution < -0.4 is 0 Å². The lowest BCUT2D eigenvalue weighted by molar-refractivity contribution is 0.400. The van der Waals surface area contributed by atoms with Crippen molar-refractivity contribution in [1.29, 1.82) is 0 Å². The molecule has 0 saturated heterocycles. The van der Waals surface area contributed by atoms with E-state index in [1.54, 1.807) is 6.33 Å². The Kier molecular flexibility index (Phi) is 3.24. The van der Waals surface area contributed by atoms with E-state index >= 15 is 0 Å². The molecular weight excluding hydrogens is 234 g/mol. The fraction of sp³-hybridized carbons (Fsp3) is 0.636. The highest BCUT2D eigenvalue weighted by Crippen LogP contribution is 2.28. The first-order chi connectivity index (χ1) is 8.04. The molecule has 0 radical (unpaired) electrons. The van der Waals surface area contributed by atoms with Crippen LogP contribution in [-0.2, 0) is 12.0 Å². The maximum Gasteiger partial charge on any atom is 0.177 e. The predicted octanol–water partition coefficient (Wildman–Crippen LogP) is 2.50. The first-order valence-electron chi connectivity index (χ1n) is 5.76. The van der Waals surface area contributed by atoms with Gasteiger partial charge in [-0.15, -0.1) is 15.3 Å². The molecule has 0 aromatic carbocycles. The highest BCUT2D eigenvalue weighted by Gasteiger charge is 2.22. The van der Waals surface area contributed by atoms with Crippen molar-refractivity contribution in [2.75, 3.05) is 0 Å². The van der Waals surface area contributed by atoms with Gasteiger partial charge in [0.2, 0.25) is 0 Å². The minimum Gasteiger partial charge on any atom is -0.307 e. The monoisotopic (exact) mass is 251 g/mol. The molecule has 2 heterocycles. The zero-order valence-corrected chi connectivity index (χ0v) is 11.5. The lowest BCUT2D eigenvalue weighted by atomic mass is 10.1. The summed E-state index contributed by atoms with van der Waals surface area (Å²) >= 11 is 1.39. The van der Waals surface area contributed by atoms with Crippen LogP contribution in [0.2, 0.25) is 0 Å². The van der Waals surface area contributed by atoms with Crippen molar-refractivity contribution in [3.63, 3.8) is 0 Å². The van der Waals surface area contributed by atoms with Gasteiger partial charge in [0.25, 0.3) is 0 Å². The molecular formula is C11H17N5S. The molecule has 0 aliphatic carbocycles. The maximum atomic E-state index is 4.21. The number of aryl methyl sites for hydroxylation is 1. The van der Waals surface area contributed by atoms with E-state index in [9.17, 15) is 0 Å². The Morgan fingerprint density at radius 3 is 2.71 bits per heavy atom. The highest BCUT2D eigenvalue weighted by molar-refractivity contribution is 7.09. The van der Waals surface area contributed by atoms with Crippen molar-refractivity contribution in [3.8, 4) is 10.7 Å². The minimum absolute atomic E-state index is 0.0354. The molecule has 0 bridgehead atoms. The summed E-state index contributed by atoms with van der Waals surface area (Å²) in [6.07, 6.45) is 3.76. The van der Waals surface area contributed by atoms with E-state index in [2.05, 4.69) is 52.0 Å². The summed E-state index contributed by atoms with van der Waals surface area (Å²) in [6, 6.07) is 0. The second-order valence-electron chi connectivity index (χ2n) is 4.99. The number of hydrogen-bond donors (Lipinski definition) is 0. The molecule has 0 aliphatic rings. The van der Waals surface area contributed by atoms with E-state index in [4.69, 9.17) is 0 Å². The number of rotatable bonds is 3. The molecule has 6 heteroatoms. The molecule has 0 saturated carbocycles. The normalized spacial score (nSPS) is 12.0. The van der Waals surface area contributed by atoms with Gasteiger partial charge in [-0.1, -0.05) is 17.8 Å². The van der Waals surface area contributed by atoms with Crippen LogP contribution in [0.3, 0.4) is 0 Å². The molecule has 17 heavy (non-hydrogen) atoms. The molecule has 0 unspecified atom stereocenters. The topological polar surface area (TPSA) is 56.5 Å². The minimum atomic E-state index is -0.0354. The molecule has 2 aromatic heterocycles. The predicted molar refractivity (Wildman–Crippen MR) is 67.9 cm³/mol. The Morgan fingerprint density at radius 2 is 2.06 bits per heavy atom. The largest absolute Gasteiger partial charge is 0.307 e. The van der Waals surface area contributed by atoms with Gasteiger partial charge in [0.15, 0.2) is 5.82 Å².